The van der Waals surface area contributed by atoms with Crippen molar-refractivity contribution in [1.29, 1.82) is 0 Å². The molecule has 0 bridgehead atoms. The van der Waals surface area contributed by atoms with E-state index < -0.39 is 10.0 Å². The van der Waals surface area contributed by atoms with Gasteiger partial charge in [0.2, 0.25) is 0 Å². The molecule has 0 spiro atoms. The Hall–Kier alpha value is -1.37. The number of benzene rings is 1. The summed E-state index contributed by atoms with van der Waals surface area (Å²) in [6, 6.07) is 8.34. The number of rotatable bonds is 5. The first kappa shape index (κ1) is 14.0. The maximum absolute atomic E-state index is 12.2. The molecule has 2 rings (SSSR count). The summed E-state index contributed by atoms with van der Waals surface area (Å²) in [5, 5.41) is 3.57. The van der Waals surface area contributed by atoms with Crippen molar-refractivity contribution in [3.05, 3.63) is 46.7 Å². The molecule has 2 aromatic rings. The molecule has 0 aliphatic rings. The Balaban J connectivity index is 2.30. The Labute approximate surface area is 117 Å². The van der Waals surface area contributed by atoms with Gasteiger partial charge in [-0.2, -0.15) is 11.3 Å². The van der Waals surface area contributed by atoms with Gasteiger partial charge in [0.15, 0.2) is 0 Å². The van der Waals surface area contributed by atoms with Gasteiger partial charge in [0.1, 0.15) is 0 Å². The molecule has 1 aromatic carbocycles. The number of hydrogen-bond donors (Lipinski definition) is 2. The third-order valence-electron chi connectivity index (χ3n) is 2.81. The predicted molar refractivity (Wildman–Crippen MR) is 78.8 cm³/mol. The first-order valence-corrected chi connectivity index (χ1v) is 8.36. The largest absolute Gasteiger partial charge is 0.324 e. The molecule has 1 unspecified atom stereocenters. The van der Waals surface area contributed by atoms with E-state index in [-0.39, 0.29) is 10.9 Å². The van der Waals surface area contributed by atoms with Crippen LogP contribution in [0.5, 0.6) is 0 Å². The summed E-state index contributed by atoms with van der Waals surface area (Å²) in [7, 11) is -3.55. The highest BCUT2D eigenvalue weighted by Gasteiger charge is 2.16. The van der Waals surface area contributed by atoms with Crippen LogP contribution < -0.4 is 10.5 Å². The molecule has 102 valence electrons. The smallest absolute Gasteiger partial charge is 0.261 e. The molecule has 0 fully saturated rings. The van der Waals surface area contributed by atoms with Gasteiger partial charge >= 0.3 is 0 Å². The fourth-order valence-electron chi connectivity index (χ4n) is 1.68. The molecule has 0 saturated heterocycles. The van der Waals surface area contributed by atoms with E-state index in [0.717, 1.165) is 12.0 Å². The summed E-state index contributed by atoms with van der Waals surface area (Å²) >= 11 is 1.44. The van der Waals surface area contributed by atoms with Crippen molar-refractivity contribution in [3.63, 3.8) is 0 Å². The van der Waals surface area contributed by atoms with Crippen LogP contribution in [0, 0.1) is 0 Å². The Morgan fingerprint density at radius 3 is 2.79 bits per heavy atom. The lowest BCUT2D eigenvalue weighted by Gasteiger charge is -2.11. The van der Waals surface area contributed by atoms with Gasteiger partial charge in [-0.25, -0.2) is 8.42 Å². The summed E-state index contributed by atoms with van der Waals surface area (Å²) in [6.45, 7) is 1.97. The lowest BCUT2D eigenvalue weighted by atomic mass is 10.1. The molecule has 6 heteroatoms. The average molecular weight is 296 g/mol. The molecular weight excluding hydrogens is 280 g/mol. The highest BCUT2D eigenvalue weighted by atomic mass is 32.2. The third kappa shape index (κ3) is 3.34. The first-order chi connectivity index (χ1) is 9.03. The van der Waals surface area contributed by atoms with Crippen molar-refractivity contribution in [1.82, 2.24) is 0 Å². The SMILES string of the molecule is CCC(N)c1cccc(S(=O)(=O)Nc2ccsc2)c1. The van der Waals surface area contributed by atoms with Gasteiger partial charge in [0.25, 0.3) is 10.0 Å². The lowest BCUT2D eigenvalue weighted by Crippen LogP contribution is -2.14. The highest BCUT2D eigenvalue weighted by molar-refractivity contribution is 7.92. The monoisotopic (exact) mass is 296 g/mol. The van der Waals surface area contributed by atoms with Crippen LogP contribution in [0.3, 0.4) is 0 Å². The van der Waals surface area contributed by atoms with Gasteiger partial charge in [-0.3, -0.25) is 4.72 Å². The second kappa shape index (κ2) is 5.73. The van der Waals surface area contributed by atoms with E-state index >= 15 is 0 Å². The molecule has 1 aromatic heterocycles. The Bertz CT molecular complexity index is 636. The molecule has 0 aliphatic carbocycles. The maximum atomic E-state index is 12.2. The number of anilines is 1. The predicted octanol–water partition coefficient (Wildman–Crippen LogP) is 2.96. The van der Waals surface area contributed by atoms with E-state index in [0.29, 0.717) is 5.69 Å². The molecule has 0 saturated carbocycles. The van der Waals surface area contributed by atoms with Crippen LogP contribution in [-0.2, 0) is 10.0 Å². The van der Waals surface area contributed by atoms with Crippen LogP contribution in [0.25, 0.3) is 0 Å². The normalized spacial score (nSPS) is 13.2. The van der Waals surface area contributed by atoms with Gasteiger partial charge < -0.3 is 5.73 Å². The number of nitrogens with two attached hydrogens (primary N) is 1. The van der Waals surface area contributed by atoms with Crippen LogP contribution in [0.1, 0.15) is 24.9 Å². The molecule has 4 nitrogen and oxygen atoms in total. The van der Waals surface area contributed by atoms with Gasteiger partial charge in [0, 0.05) is 11.4 Å². The minimum absolute atomic E-state index is 0.142. The van der Waals surface area contributed by atoms with Crippen LogP contribution in [-0.4, -0.2) is 8.42 Å². The quantitative estimate of drug-likeness (QED) is 0.891. The summed E-state index contributed by atoms with van der Waals surface area (Å²) in [4.78, 5) is 0.236. The van der Waals surface area contributed by atoms with Crippen molar-refractivity contribution in [2.75, 3.05) is 4.72 Å². The van der Waals surface area contributed by atoms with E-state index in [4.69, 9.17) is 5.73 Å². The average Bonchev–Trinajstić information content (AvgIpc) is 2.90. The Kier molecular flexibility index (Phi) is 4.24. The molecule has 1 atom stereocenters. The van der Waals surface area contributed by atoms with Crippen molar-refractivity contribution in [3.8, 4) is 0 Å². The molecule has 3 N–H and O–H groups in total. The van der Waals surface area contributed by atoms with Crippen molar-refractivity contribution >= 4 is 27.0 Å². The summed E-state index contributed by atoms with van der Waals surface area (Å²) in [6.07, 6.45) is 0.765. The molecule has 0 aliphatic heterocycles. The van der Waals surface area contributed by atoms with Gasteiger partial charge in [0.05, 0.1) is 10.6 Å². The van der Waals surface area contributed by atoms with Crippen LogP contribution >= 0.6 is 11.3 Å². The van der Waals surface area contributed by atoms with E-state index in [9.17, 15) is 8.42 Å². The van der Waals surface area contributed by atoms with Gasteiger partial charge in [-0.15, -0.1) is 0 Å². The van der Waals surface area contributed by atoms with Crippen molar-refractivity contribution in [2.45, 2.75) is 24.3 Å². The van der Waals surface area contributed by atoms with E-state index in [1.807, 2.05) is 18.4 Å². The van der Waals surface area contributed by atoms with Gasteiger partial charge in [-0.05, 0) is 35.6 Å². The number of thiophene rings is 1. The lowest BCUT2D eigenvalue weighted by molar-refractivity contribution is 0.600. The van der Waals surface area contributed by atoms with Crippen molar-refractivity contribution < 1.29 is 8.42 Å². The Morgan fingerprint density at radius 2 is 2.16 bits per heavy atom. The first-order valence-electron chi connectivity index (χ1n) is 5.93. The minimum Gasteiger partial charge on any atom is -0.324 e. The van der Waals surface area contributed by atoms with Crippen molar-refractivity contribution in [2.24, 2.45) is 5.73 Å². The zero-order chi connectivity index (χ0) is 13.9. The second-order valence-electron chi connectivity index (χ2n) is 4.20. The minimum atomic E-state index is -3.55. The highest BCUT2D eigenvalue weighted by Crippen LogP contribution is 2.21. The van der Waals surface area contributed by atoms with Crippen LogP contribution in [0.2, 0.25) is 0 Å². The van der Waals surface area contributed by atoms with E-state index in [1.54, 1.807) is 29.6 Å². The van der Waals surface area contributed by atoms with Crippen LogP contribution in [0.4, 0.5) is 5.69 Å². The van der Waals surface area contributed by atoms with Gasteiger partial charge in [-0.1, -0.05) is 19.1 Å². The Morgan fingerprint density at radius 1 is 1.37 bits per heavy atom. The third-order valence-corrected chi connectivity index (χ3v) is 4.87. The molecule has 0 amide bonds. The van der Waals surface area contributed by atoms with Crippen LogP contribution in [0.15, 0.2) is 46.0 Å². The maximum Gasteiger partial charge on any atom is 0.261 e. The zero-order valence-corrected chi connectivity index (χ0v) is 12.2. The molecular formula is C13H16N2O2S2. The standard InChI is InChI=1S/C13H16N2O2S2/c1-2-13(14)10-4-3-5-12(8-10)19(16,17)15-11-6-7-18-9-11/h3-9,13,15H,2,14H2,1H3. The summed E-state index contributed by atoms with van der Waals surface area (Å²) < 4.78 is 27.0. The molecule has 19 heavy (non-hydrogen) atoms. The second-order valence-corrected chi connectivity index (χ2v) is 6.67. The summed E-state index contributed by atoms with van der Waals surface area (Å²) in [5.41, 5.74) is 7.34. The number of hydrogen-bond acceptors (Lipinski definition) is 4. The fourth-order valence-corrected chi connectivity index (χ4v) is 3.45. The summed E-state index contributed by atoms with van der Waals surface area (Å²) in [5.74, 6) is 0. The number of nitrogens with one attached hydrogen (secondary N) is 1. The van der Waals surface area contributed by atoms with E-state index in [1.165, 1.54) is 11.3 Å². The topological polar surface area (TPSA) is 72.2 Å². The molecule has 0 radical (unpaired) electrons. The number of sulfonamides is 1. The van der Waals surface area contributed by atoms with E-state index in [2.05, 4.69) is 4.72 Å². The molecule has 1 heterocycles. The zero-order valence-electron chi connectivity index (χ0n) is 10.5. The fraction of sp³-hybridized carbons (Fsp3) is 0.231.